The molecule has 2 atom stereocenters. The summed E-state index contributed by atoms with van der Waals surface area (Å²) < 4.78 is 24.7. The van der Waals surface area contributed by atoms with Crippen LogP contribution in [0, 0.1) is 5.92 Å². The van der Waals surface area contributed by atoms with E-state index in [2.05, 4.69) is 76.0 Å². The van der Waals surface area contributed by atoms with Gasteiger partial charge in [0.25, 0.3) is 0 Å². The maximum absolute atomic E-state index is 13.1. The fourth-order valence-corrected chi connectivity index (χ4v) is 6.44. The monoisotopic (exact) mass is 581 g/mol. The maximum atomic E-state index is 13.1. The number of fused-ring (bicyclic) bond motifs is 6. The fraction of sp³-hybridized carbons (Fsp3) is 0.471. The molecule has 3 aromatic carbocycles. The van der Waals surface area contributed by atoms with Crippen molar-refractivity contribution < 1.29 is 23.6 Å². The number of carbonyl (C=O) groups is 1. The first kappa shape index (κ1) is 28.2. The number of benzene rings is 3. The molecule has 2 saturated heterocycles. The van der Waals surface area contributed by atoms with Gasteiger partial charge in [-0.1, -0.05) is 31.2 Å². The summed E-state index contributed by atoms with van der Waals surface area (Å²) in [5.41, 5.74) is 4.81. The van der Waals surface area contributed by atoms with E-state index in [0.29, 0.717) is 19.1 Å². The van der Waals surface area contributed by atoms with Crippen molar-refractivity contribution in [2.75, 3.05) is 6.54 Å². The highest BCUT2D eigenvalue weighted by Gasteiger charge is 2.51. The van der Waals surface area contributed by atoms with Crippen molar-refractivity contribution >= 4 is 40.5 Å². The molecular formula is C34H40BN3O5. The minimum atomic E-state index is -0.553. The fourth-order valence-electron chi connectivity index (χ4n) is 6.44. The van der Waals surface area contributed by atoms with Gasteiger partial charge in [0.2, 0.25) is 0 Å². The third kappa shape index (κ3) is 4.77. The first-order valence-electron chi connectivity index (χ1n) is 15.3. The van der Waals surface area contributed by atoms with E-state index in [4.69, 9.17) is 23.8 Å². The van der Waals surface area contributed by atoms with Crippen LogP contribution in [0.3, 0.4) is 0 Å². The molecule has 0 aliphatic carbocycles. The summed E-state index contributed by atoms with van der Waals surface area (Å²) in [6, 6.07) is 14.7. The smallest absolute Gasteiger partial charge is 0.488 e. The predicted molar refractivity (Wildman–Crippen MR) is 169 cm³/mol. The number of rotatable bonds is 2. The van der Waals surface area contributed by atoms with Gasteiger partial charge < -0.3 is 23.8 Å². The molecule has 8 nitrogen and oxygen atoms in total. The Hall–Kier alpha value is -3.56. The van der Waals surface area contributed by atoms with E-state index < -0.39 is 23.9 Å². The SMILES string of the molecule is CC1CC(c2nc3ccc4cc5c(cc4c3[nH]2)OCc2cc(B3OC(C)(C)C(C)(C)O3)ccc2-5)N(C(=O)OC(C)(C)C)C1. The van der Waals surface area contributed by atoms with Gasteiger partial charge in [0.05, 0.1) is 28.3 Å². The van der Waals surface area contributed by atoms with Crippen molar-refractivity contribution in [1.82, 2.24) is 14.9 Å². The van der Waals surface area contributed by atoms with E-state index in [1.54, 1.807) is 0 Å². The number of aromatic nitrogens is 2. The molecule has 2 unspecified atom stereocenters. The van der Waals surface area contributed by atoms with Crippen LogP contribution in [0.1, 0.15) is 79.2 Å². The zero-order valence-electron chi connectivity index (χ0n) is 26.3. The summed E-state index contributed by atoms with van der Waals surface area (Å²) in [6.07, 6.45) is 0.537. The lowest BCUT2D eigenvalue weighted by Crippen LogP contribution is -2.41. The molecule has 9 heteroatoms. The molecule has 4 aromatic rings. The lowest BCUT2D eigenvalue weighted by molar-refractivity contribution is 0.00578. The lowest BCUT2D eigenvalue weighted by Gasteiger charge is -2.32. The highest BCUT2D eigenvalue weighted by molar-refractivity contribution is 6.62. The van der Waals surface area contributed by atoms with E-state index in [-0.39, 0.29) is 12.1 Å². The second-order valence-corrected chi connectivity index (χ2v) is 14.4. The molecule has 224 valence electrons. The van der Waals surface area contributed by atoms with Gasteiger partial charge in [-0.25, -0.2) is 9.78 Å². The van der Waals surface area contributed by atoms with Crippen molar-refractivity contribution in [2.24, 2.45) is 5.92 Å². The average Bonchev–Trinajstić information content (AvgIpc) is 3.59. The van der Waals surface area contributed by atoms with Crippen LogP contribution < -0.4 is 10.2 Å². The van der Waals surface area contributed by atoms with Gasteiger partial charge in [-0.15, -0.1) is 0 Å². The average molecular weight is 582 g/mol. The van der Waals surface area contributed by atoms with Crippen molar-refractivity contribution in [3.63, 3.8) is 0 Å². The molecule has 4 heterocycles. The Morgan fingerprint density at radius 1 is 1.05 bits per heavy atom. The molecule has 2 fully saturated rings. The molecule has 3 aliphatic heterocycles. The number of imidazole rings is 1. The highest BCUT2D eigenvalue weighted by Crippen LogP contribution is 2.43. The number of carbonyl (C=O) groups excluding carboxylic acids is 1. The summed E-state index contributed by atoms with van der Waals surface area (Å²) >= 11 is 0. The van der Waals surface area contributed by atoms with E-state index in [1.165, 1.54) is 0 Å². The van der Waals surface area contributed by atoms with Gasteiger partial charge in [-0.05, 0) is 101 Å². The maximum Gasteiger partial charge on any atom is 0.494 e. The summed E-state index contributed by atoms with van der Waals surface area (Å²) in [5, 5.41) is 2.14. The largest absolute Gasteiger partial charge is 0.494 e. The Morgan fingerprint density at radius 3 is 2.51 bits per heavy atom. The van der Waals surface area contributed by atoms with Crippen molar-refractivity contribution in [3.05, 3.63) is 53.9 Å². The van der Waals surface area contributed by atoms with Crippen molar-refractivity contribution in [3.8, 4) is 16.9 Å². The van der Waals surface area contributed by atoms with Gasteiger partial charge in [-0.2, -0.15) is 0 Å². The number of nitrogens with one attached hydrogen (secondary N) is 1. The van der Waals surface area contributed by atoms with E-state index in [0.717, 1.165) is 62.0 Å². The second kappa shape index (κ2) is 9.47. The van der Waals surface area contributed by atoms with Crippen LogP contribution >= 0.6 is 0 Å². The summed E-state index contributed by atoms with van der Waals surface area (Å²) in [5.74, 6) is 1.99. The number of H-pyrrole nitrogens is 1. The number of aromatic amines is 1. The third-order valence-electron chi connectivity index (χ3n) is 9.37. The molecule has 3 aliphatic rings. The quantitative estimate of drug-likeness (QED) is 0.260. The molecule has 0 bridgehead atoms. The highest BCUT2D eigenvalue weighted by atomic mass is 16.7. The number of ether oxygens (including phenoxy) is 2. The second-order valence-electron chi connectivity index (χ2n) is 14.4. The van der Waals surface area contributed by atoms with Crippen LogP contribution in [0.2, 0.25) is 0 Å². The topological polar surface area (TPSA) is 85.9 Å². The standard InChI is InChI=1S/C34H40BN3O5/c1-19-13-27(38(17-19)31(39)41-32(2,3)4)30-36-26-12-9-20-15-25-23-11-10-22(35-42-33(5,6)34(7,8)43-35)14-21(23)18-40-28(25)16-24(20)29(26)37-30/h9-12,14-16,19,27H,13,17-18H2,1-8H3,(H,36,37). The van der Waals surface area contributed by atoms with E-state index in [9.17, 15) is 4.79 Å². The molecular weight excluding hydrogens is 541 g/mol. The Morgan fingerprint density at radius 2 is 1.79 bits per heavy atom. The molecule has 7 rings (SSSR count). The number of nitrogens with zero attached hydrogens (tertiary/aromatic N) is 2. The summed E-state index contributed by atoms with van der Waals surface area (Å²) in [4.78, 5) is 23.4. The molecule has 0 radical (unpaired) electrons. The van der Waals surface area contributed by atoms with Gasteiger partial charge in [-0.3, -0.25) is 4.90 Å². The van der Waals surface area contributed by atoms with Crippen LogP contribution in [0.5, 0.6) is 5.75 Å². The van der Waals surface area contributed by atoms with Gasteiger partial charge in [0, 0.05) is 17.5 Å². The minimum Gasteiger partial charge on any atom is -0.488 e. The zero-order chi connectivity index (χ0) is 30.5. The van der Waals surface area contributed by atoms with Gasteiger partial charge in [0.15, 0.2) is 0 Å². The normalized spacial score (nSPS) is 22.5. The van der Waals surface area contributed by atoms with E-state index in [1.807, 2.05) is 31.7 Å². The Bertz CT molecular complexity index is 1760. The molecule has 0 spiro atoms. The van der Waals surface area contributed by atoms with E-state index >= 15 is 0 Å². The van der Waals surface area contributed by atoms with Gasteiger partial charge >= 0.3 is 13.2 Å². The number of hydrogen-bond donors (Lipinski definition) is 1. The van der Waals surface area contributed by atoms with Crippen LogP contribution in [-0.4, -0.2) is 51.4 Å². The first-order valence-corrected chi connectivity index (χ1v) is 15.3. The number of likely N-dealkylation sites (tertiary alicyclic amines) is 1. The van der Waals surface area contributed by atoms with Crippen LogP contribution in [-0.2, 0) is 20.7 Å². The number of hydrogen-bond acceptors (Lipinski definition) is 6. The van der Waals surface area contributed by atoms with Crippen molar-refractivity contribution in [2.45, 2.75) is 91.3 Å². The van der Waals surface area contributed by atoms with Crippen LogP contribution in [0.25, 0.3) is 32.9 Å². The Balaban J connectivity index is 1.22. The van der Waals surface area contributed by atoms with Crippen LogP contribution in [0.15, 0.2) is 42.5 Å². The molecule has 1 aromatic heterocycles. The zero-order valence-corrected chi connectivity index (χ0v) is 26.3. The Kier molecular flexibility index (Phi) is 6.22. The third-order valence-corrected chi connectivity index (χ3v) is 9.37. The molecule has 0 saturated carbocycles. The molecule has 1 N–H and O–H groups in total. The number of amides is 1. The predicted octanol–water partition coefficient (Wildman–Crippen LogP) is 6.89. The van der Waals surface area contributed by atoms with Gasteiger partial charge in [0.1, 0.15) is 23.8 Å². The van der Waals surface area contributed by atoms with Crippen molar-refractivity contribution in [1.29, 1.82) is 0 Å². The molecule has 43 heavy (non-hydrogen) atoms. The summed E-state index contributed by atoms with van der Waals surface area (Å²) in [7, 11) is -0.412. The lowest BCUT2D eigenvalue weighted by atomic mass is 9.77. The minimum absolute atomic E-state index is 0.161. The molecule has 1 amide bonds. The summed E-state index contributed by atoms with van der Waals surface area (Å²) in [6.45, 7) is 17.2. The Labute approximate surface area is 253 Å². The first-order chi connectivity index (χ1) is 20.2. The van der Waals surface area contributed by atoms with Crippen LogP contribution in [0.4, 0.5) is 4.79 Å².